The summed E-state index contributed by atoms with van der Waals surface area (Å²) in [6, 6.07) is 8.94. The largest absolute Gasteiger partial charge is 0.493 e. The van der Waals surface area contributed by atoms with E-state index in [0.717, 1.165) is 25.9 Å². The average molecular weight is 394 g/mol. The van der Waals surface area contributed by atoms with Gasteiger partial charge < -0.3 is 21.1 Å². The van der Waals surface area contributed by atoms with Gasteiger partial charge in [0.2, 0.25) is 5.91 Å². The lowest BCUT2D eigenvalue weighted by molar-refractivity contribution is -0.118. The molecule has 1 saturated heterocycles. The van der Waals surface area contributed by atoms with Gasteiger partial charge in [0.05, 0.1) is 19.1 Å². The van der Waals surface area contributed by atoms with E-state index in [-0.39, 0.29) is 31.3 Å². The fourth-order valence-electron chi connectivity index (χ4n) is 2.82. The molecule has 146 valence electrons. The number of primary amides is 1. The van der Waals surface area contributed by atoms with Crippen molar-refractivity contribution in [3.05, 3.63) is 42.2 Å². The van der Waals surface area contributed by atoms with Crippen LogP contribution in [0.2, 0.25) is 0 Å². The molecule has 0 spiro atoms. The van der Waals surface area contributed by atoms with Gasteiger partial charge in [-0.05, 0) is 49.7 Å². The number of hydrogen-bond acceptors (Lipinski definition) is 5. The highest BCUT2D eigenvalue weighted by atomic mass is 35.5. The molecule has 1 atom stereocenters. The van der Waals surface area contributed by atoms with E-state index in [2.05, 4.69) is 15.7 Å². The zero-order valence-electron chi connectivity index (χ0n) is 14.9. The van der Waals surface area contributed by atoms with E-state index < -0.39 is 5.91 Å². The van der Waals surface area contributed by atoms with Crippen LogP contribution >= 0.6 is 12.4 Å². The van der Waals surface area contributed by atoms with Crippen molar-refractivity contribution >= 4 is 29.9 Å². The van der Waals surface area contributed by atoms with Gasteiger partial charge in [-0.2, -0.15) is 5.10 Å². The van der Waals surface area contributed by atoms with Gasteiger partial charge >= 0.3 is 0 Å². The van der Waals surface area contributed by atoms with E-state index in [9.17, 15) is 9.59 Å². The molecule has 0 saturated carbocycles. The third kappa shape index (κ3) is 5.97. The molecule has 2 heterocycles. The lowest BCUT2D eigenvalue weighted by Crippen LogP contribution is -2.32. The fraction of sp³-hybridized carbons (Fsp3) is 0.389. The molecule has 0 bridgehead atoms. The number of amides is 2. The maximum atomic E-state index is 12.4. The first-order valence-electron chi connectivity index (χ1n) is 8.70. The zero-order chi connectivity index (χ0) is 18.4. The Labute approximate surface area is 163 Å². The predicted molar refractivity (Wildman–Crippen MR) is 104 cm³/mol. The molecule has 1 aromatic heterocycles. The zero-order valence-corrected chi connectivity index (χ0v) is 15.7. The Morgan fingerprint density at radius 3 is 2.74 bits per heavy atom. The second-order valence-electron chi connectivity index (χ2n) is 6.22. The molecule has 27 heavy (non-hydrogen) atoms. The molecule has 1 aliphatic rings. The van der Waals surface area contributed by atoms with Gasteiger partial charge in [0.15, 0.2) is 5.69 Å². The molecular formula is C18H24ClN5O3. The number of carbonyl (C=O) groups is 2. The van der Waals surface area contributed by atoms with E-state index in [1.54, 1.807) is 30.3 Å². The molecule has 1 fully saturated rings. The topological polar surface area (TPSA) is 111 Å². The highest BCUT2D eigenvalue weighted by molar-refractivity contribution is 6.02. The lowest BCUT2D eigenvalue weighted by Gasteiger charge is -2.22. The first kappa shape index (κ1) is 20.7. The summed E-state index contributed by atoms with van der Waals surface area (Å²) in [4.78, 5) is 23.0. The molecule has 1 aliphatic heterocycles. The Kier molecular flexibility index (Phi) is 7.63. The highest BCUT2D eigenvalue weighted by Gasteiger charge is 2.17. The van der Waals surface area contributed by atoms with Gasteiger partial charge in [-0.15, -0.1) is 12.4 Å². The molecule has 1 aromatic carbocycles. The van der Waals surface area contributed by atoms with E-state index >= 15 is 0 Å². The van der Waals surface area contributed by atoms with Gasteiger partial charge in [-0.1, -0.05) is 0 Å². The summed E-state index contributed by atoms with van der Waals surface area (Å²) in [5.41, 5.74) is 6.09. The predicted octanol–water partition coefficient (Wildman–Crippen LogP) is 1.74. The molecule has 1 unspecified atom stereocenters. The van der Waals surface area contributed by atoms with Crippen LogP contribution in [0.25, 0.3) is 0 Å². The van der Waals surface area contributed by atoms with Crippen LogP contribution in [0.5, 0.6) is 5.75 Å². The Bertz CT molecular complexity index is 757. The Morgan fingerprint density at radius 1 is 1.30 bits per heavy atom. The van der Waals surface area contributed by atoms with Crippen LogP contribution in [0.3, 0.4) is 0 Å². The maximum absolute atomic E-state index is 12.4. The second kappa shape index (κ2) is 9.94. The van der Waals surface area contributed by atoms with Gasteiger partial charge in [-0.25, -0.2) is 0 Å². The summed E-state index contributed by atoms with van der Waals surface area (Å²) in [5.74, 6) is -0.0504. The van der Waals surface area contributed by atoms with Crippen LogP contribution in [-0.2, 0) is 4.79 Å². The Balaban J connectivity index is 0.00000261. The molecule has 9 heteroatoms. The van der Waals surface area contributed by atoms with Crippen molar-refractivity contribution in [1.82, 2.24) is 15.1 Å². The van der Waals surface area contributed by atoms with Crippen LogP contribution in [0, 0.1) is 0 Å². The minimum absolute atomic E-state index is 0. The summed E-state index contributed by atoms with van der Waals surface area (Å²) < 4.78 is 7.25. The fourth-order valence-corrected chi connectivity index (χ4v) is 2.82. The standard InChI is InChI=1S/C18H23N5O3.ClH/c19-17(24)8-11-26-15-5-3-13(4-6-15)21-18(25)16-7-10-23(22-16)14-2-1-9-20-12-14;/h3-7,10,14,20H,1-2,8-9,11-12H2,(H2,19,24)(H,21,25);1H. The summed E-state index contributed by atoms with van der Waals surface area (Å²) in [6.45, 7) is 2.14. The summed E-state index contributed by atoms with van der Waals surface area (Å²) in [7, 11) is 0. The first-order valence-corrected chi connectivity index (χ1v) is 8.70. The van der Waals surface area contributed by atoms with Crippen LogP contribution < -0.4 is 21.1 Å². The van der Waals surface area contributed by atoms with Crippen molar-refractivity contribution in [2.45, 2.75) is 25.3 Å². The summed E-state index contributed by atoms with van der Waals surface area (Å²) >= 11 is 0. The van der Waals surface area contributed by atoms with Crippen LogP contribution in [0.15, 0.2) is 36.5 Å². The maximum Gasteiger partial charge on any atom is 0.276 e. The van der Waals surface area contributed by atoms with E-state index in [0.29, 0.717) is 23.2 Å². The van der Waals surface area contributed by atoms with Crippen molar-refractivity contribution in [2.75, 3.05) is 25.0 Å². The average Bonchev–Trinajstić information content (AvgIpc) is 3.14. The number of anilines is 1. The number of carbonyl (C=O) groups excluding carboxylic acids is 2. The Morgan fingerprint density at radius 2 is 2.07 bits per heavy atom. The quantitative estimate of drug-likeness (QED) is 0.663. The number of piperidine rings is 1. The minimum Gasteiger partial charge on any atom is -0.493 e. The monoisotopic (exact) mass is 393 g/mol. The molecule has 2 amide bonds. The van der Waals surface area contributed by atoms with Crippen LogP contribution in [0.1, 0.15) is 35.8 Å². The van der Waals surface area contributed by atoms with Crippen molar-refractivity contribution in [3.63, 3.8) is 0 Å². The SMILES string of the molecule is Cl.NC(=O)CCOc1ccc(NC(=O)c2ccn(C3CCCNC3)n2)cc1. The molecule has 0 radical (unpaired) electrons. The van der Waals surface area contributed by atoms with Crippen molar-refractivity contribution in [2.24, 2.45) is 5.73 Å². The molecule has 0 aliphatic carbocycles. The van der Waals surface area contributed by atoms with Crippen LogP contribution in [0.4, 0.5) is 5.69 Å². The number of nitrogens with two attached hydrogens (primary N) is 1. The number of hydrogen-bond donors (Lipinski definition) is 3. The molecule has 2 aromatic rings. The third-order valence-electron chi connectivity index (χ3n) is 4.22. The van der Waals surface area contributed by atoms with Gasteiger partial charge in [-0.3, -0.25) is 14.3 Å². The number of nitrogens with one attached hydrogen (secondary N) is 2. The molecule has 8 nitrogen and oxygen atoms in total. The number of aromatic nitrogens is 2. The van der Waals surface area contributed by atoms with Gasteiger partial charge in [0, 0.05) is 18.4 Å². The number of ether oxygens (including phenoxy) is 1. The summed E-state index contributed by atoms with van der Waals surface area (Å²) in [6.07, 6.45) is 4.19. The Hall–Kier alpha value is -2.58. The van der Waals surface area contributed by atoms with E-state index in [1.165, 1.54) is 0 Å². The summed E-state index contributed by atoms with van der Waals surface area (Å²) in [5, 5.41) is 10.6. The normalized spacial score (nSPS) is 16.2. The number of halogens is 1. The third-order valence-corrected chi connectivity index (χ3v) is 4.22. The smallest absolute Gasteiger partial charge is 0.276 e. The number of nitrogens with zero attached hydrogens (tertiary/aromatic N) is 2. The van der Waals surface area contributed by atoms with Crippen molar-refractivity contribution in [1.29, 1.82) is 0 Å². The molecule has 4 N–H and O–H groups in total. The van der Waals surface area contributed by atoms with Crippen molar-refractivity contribution < 1.29 is 14.3 Å². The molecular weight excluding hydrogens is 370 g/mol. The second-order valence-corrected chi connectivity index (χ2v) is 6.22. The molecule has 3 rings (SSSR count). The highest BCUT2D eigenvalue weighted by Crippen LogP contribution is 2.18. The van der Waals surface area contributed by atoms with Crippen LogP contribution in [-0.4, -0.2) is 41.3 Å². The van der Waals surface area contributed by atoms with E-state index in [4.69, 9.17) is 10.5 Å². The van der Waals surface area contributed by atoms with Gasteiger partial charge in [0.1, 0.15) is 5.75 Å². The number of benzene rings is 1. The van der Waals surface area contributed by atoms with E-state index in [1.807, 2.05) is 10.9 Å². The number of rotatable bonds is 7. The van der Waals surface area contributed by atoms with Crippen molar-refractivity contribution in [3.8, 4) is 5.75 Å². The minimum atomic E-state index is -0.405. The lowest BCUT2D eigenvalue weighted by atomic mass is 10.1. The first-order chi connectivity index (χ1) is 12.6. The van der Waals surface area contributed by atoms with Gasteiger partial charge in [0.25, 0.3) is 5.91 Å².